The number of hydrogen-bond donors (Lipinski definition) is 0. The minimum absolute atomic E-state index is 0.0940. The van der Waals surface area contributed by atoms with E-state index in [0.717, 1.165) is 21.7 Å². The van der Waals surface area contributed by atoms with Gasteiger partial charge in [-0.3, -0.25) is 14.6 Å². The van der Waals surface area contributed by atoms with Crippen LogP contribution in [0.15, 0.2) is 54.2 Å². The normalized spacial score (nSPS) is 10.5. The Labute approximate surface area is 167 Å². The molecule has 3 rings (SSSR count). The van der Waals surface area contributed by atoms with Gasteiger partial charge in [0.05, 0.1) is 19.2 Å². The Morgan fingerprint density at radius 3 is 2.71 bits per heavy atom. The van der Waals surface area contributed by atoms with Crippen molar-refractivity contribution in [1.29, 1.82) is 0 Å². The van der Waals surface area contributed by atoms with Crippen LogP contribution in [0.3, 0.4) is 0 Å². The molecule has 144 valence electrons. The number of rotatable bonds is 7. The molecule has 0 aliphatic carbocycles. The standard InChI is InChI=1S/C21H21N3O3S/c1-15-6-3-4-7-17(15)12-24(13-20(26)27-2)19(25)10-18-14-28-21(23-18)16-8-5-9-22-11-16/h3-9,11,14H,10,12-13H2,1-2H3. The van der Waals surface area contributed by atoms with E-state index < -0.39 is 5.97 Å². The van der Waals surface area contributed by atoms with E-state index in [1.54, 1.807) is 12.4 Å². The van der Waals surface area contributed by atoms with E-state index in [1.807, 2.05) is 48.7 Å². The zero-order chi connectivity index (χ0) is 19.9. The highest BCUT2D eigenvalue weighted by Gasteiger charge is 2.20. The first-order chi connectivity index (χ1) is 13.6. The largest absolute Gasteiger partial charge is 0.468 e. The van der Waals surface area contributed by atoms with E-state index in [-0.39, 0.29) is 18.9 Å². The lowest BCUT2D eigenvalue weighted by Gasteiger charge is -2.22. The van der Waals surface area contributed by atoms with Gasteiger partial charge in [-0.25, -0.2) is 4.98 Å². The summed E-state index contributed by atoms with van der Waals surface area (Å²) in [4.78, 5) is 34.9. The van der Waals surface area contributed by atoms with Crippen LogP contribution in [0.25, 0.3) is 10.6 Å². The molecule has 0 fully saturated rings. The summed E-state index contributed by atoms with van der Waals surface area (Å²) >= 11 is 1.47. The Bertz CT molecular complexity index is 956. The number of aryl methyl sites for hydroxylation is 1. The fraction of sp³-hybridized carbons (Fsp3) is 0.238. The molecule has 28 heavy (non-hydrogen) atoms. The van der Waals surface area contributed by atoms with Gasteiger partial charge in [0.1, 0.15) is 11.6 Å². The number of hydrogen-bond acceptors (Lipinski definition) is 6. The van der Waals surface area contributed by atoms with Gasteiger partial charge in [0, 0.05) is 29.9 Å². The van der Waals surface area contributed by atoms with Crippen LogP contribution < -0.4 is 0 Å². The third-order valence-corrected chi connectivity index (χ3v) is 5.26. The molecule has 2 heterocycles. The monoisotopic (exact) mass is 395 g/mol. The Morgan fingerprint density at radius 2 is 2.00 bits per heavy atom. The van der Waals surface area contributed by atoms with Crippen LogP contribution in [0.2, 0.25) is 0 Å². The lowest BCUT2D eigenvalue weighted by molar-refractivity contribution is -0.147. The maximum Gasteiger partial charge on any atom is 0.325 e. The smallest absolute Gasteiger partial charge is 0.325 e. The van der Waals surface area contributed by atoms with Crippen molar-refractivity contribution in [2.45, 2.75) is 19.9 Å². The molecule has 0 N–H and O–H groups in total. The molecule has 6 nitrogen and oxygen atoms in total. The third kappa shape index (κ3) is 5.01. The van der Waals surface area contributed by atoms with Crippen molar-refractivity contribution in [2.75, 3.05) is 13.7 Å². The molecule has 2 aromatic heterocycles. The fourth-order valence-electron chi connectivity index (χ4n) is 2.72. The molecule has 1 aromatic carbocycles. The van der Waals surface area contributed by atoms with Crippen molar-refractivity contribution in [3.05, 3.63) is 71.0 Å². The fourth-order valence-corrected chi connectivity index (χ4v) is 3.53. The Morgan fingerprint density at radius 1 is 1.18 bits per heavy atom. The summed E-state index contributed by atoms with van der Waals surface area (Å²) < 4.78 is 4.76. The summed E-state index contributed by atoms with van der Waals surface area (Å²) in [6.45, 7) is 2.24. The van der Waals surface area contributed by atoms with Crippen LogP contribution in [-0.4, -0.2) is 40.4 Å². The molecule has 1 amide bonds. The van der Waals surface area contributed by atoms with Gasteiger partial charge in [-0.05, 0) is 30.2 Å². The second-order valence-electron chi connectivity index (χ2n) is 6.31. The molecule has 0 spiro atoms. The molecule has 0 radical (unpaired) electrons. The number of carbonyl (C=O) groups excluding carboxylic acids is 2. The van der Waals surface area contributed by atoms with Crippen molar-refractivity contribution < 1.29 is 14.3 Å². The van der Waals surface area contributed by atoms with Crippen molar-refractivity contribution >= 4 is 23.2 Å². The van der Waals surface area contributed by atoms with E-state index in [9.17, 15) is 9.59 Å². The summed E-state index contributed by atoms with van der Waals surface area (Å²) in [5.74, 6) is -0.618. The topological polar surface area (TPSA) is 72.4 Å². The highest BCUT2D eigenvalue weighted by molar-refractivity contribution is 7.13. The lowest BCUT2D eigenvalue weighted by atomic mass is 10.1. The number of ether oxygens (including phenoxy) is 1. The first kappa shape index (κ1) is 19.7. The molecule has 0 unspecified atom stereocenters. The van der Waals surface area contributed by atoms with E-state index >= 15 is 0 Å². The SMILES string of the molecule is COC(=O)CN(Cc1ccccc1C)C(=O)Cc1csc(-c2cccnc2)n1. The molecule has 7 heteroatoms. The molecule has 0 aliphatic rings. The van der Waals surface area contributed by atoms with Crippen molar-refractivity contribution in [3.63, 3.8) is 0 Å². The van der Waals surface area contributed by atoms with Crippen LogP contribution in [0.5, 0.6) is 0 Å². The van der Waals surface area contributed by atoms with Gasteiger partial charge in [0.25, 0.3) is 0 Å². The van der Waals surface area contributed by atoms with E-state index in [0.29, 0.717) is 12.2 Å². The number of carbonyl (C=O) groups is 2. The quantitative estimate of drug-likeness (QED) is 0.574. The Kier molecular flexibility index (Phi) is 6.49. The van der Waals surface area contributed by atoms with Crippen LogP contribution in [0.4, 0.5) is 0 Å². The predicted molar refractivity (Wildman–Crippen MR) is 108 cm³/mol. The first-order valence-electron chi connectivity index (χ1n) is 8.80. The van der Waals surface area contributed by atoms with Gasteiger partial charge >= 0.3 is 5.97 Å². The first-order valence-corrected chi connectivity index (χ1v) is 9.68. The summed E-state index contributed by atoms with van der Waals surface area (Å²) in [5.41, 5.74) is 3.65. The van der Waals surface area contributed by atoms with Gasteiger partial charge < -0.3 is 9.64 Å². The number of esters is 1. The zero-order valence-corrected chi connectivity index (χ0v) is 16.6. The molecule has 0 saturated heterocycles. The highest BCUT2D eigenvalue weighted by atomic mass is 32.1. The maximum absolute atomic E-state index is 12.9. The van der Waals surface area contributed by atoms with Gasteiger partial charge in [-0.15, -0.1) is 11.3 Å². The molecule has 0 saturated carbocycles. The second kappa shape index (κ2) is 9.23. The van der Waals surface area contributed by atoms with E-state index in [4.69, 9.17) is 4.74 Å². The predicted octanol–water partition coefficient (Wildman–Crippen LogP) is 3.26. The third-order valence-electron chi connectivity index (χ3n) is 4.32. The molecule has 0 aliphatic heterocycles. The summed E-state index contributed by atoms with van der Waals surface area (Å²) in [6.07, 6.45) is 3.57. The zero-order valence-electron chi connectivity index (χ0n) is 15.8. The van der Waals surface area contributed by atoms with Crippen LogP contribution in [0.1, 0.15) is 16.8 Å². The highest BCUT2D eigenvalue weighted by Crippen LogP contribution is 2.23. The number of benzene rings is 1. The van der Waals surface area contributed by atoms with Gasteiger partial charge in [0.15, 0.2) is 0 Å². The van der Waals surface area contributed by atoms with Gasteiger partial charge in [-0.2, -0.15) is 0 Å². The van der Waals surface area contributed by atoms with E-state index in [1.165, 1.54) is 23.3 Å². The number of pyridine rings is 1. The molecule has 0 atom stereocenters. The average Bonchev–Trinajstić information content (AvgIpc) is 3.18. The summed E-state index contributed by atoms with van der Waals surface area (Å²) in [6, 6.07) is 11.6. The Hall–Kier alpha value is -3.06. The second-order valence-corrected chi connectivity index (χ2v) is 7.17. The molecule has 0 bridgehead atoms. The molecular formula is C21H21N3O3S. The van der Waals surface area contributed by atoms with E-state index in [2.05, 4.69) is 9.97 Å². The van der Waals surface area contributed by atoms with Crippen molar-refractivity contribution in [1.82, 2.24) is 14.9 Å². The number of aromatic nitrogens is 2. The minimum Gasteiger partial charge on any atom is -0.468 e. The van der Waals surface area contributed by atoms with Gasteiger partial charge in [-0.1, -0.05) is 24.3 Å². The Balaban J connectivity index is 1.75. The number of nitrogens with zero attached hydrogens (tertiary/aromatic N) is 3. The van der Waals surface area contributed by atoms with Crippen LogP contribution >= 0.6 is 11.3 Å². The minimum atomic E-state index is -0.448. The van der Waals surface area contributed by atoms with Crippen molar-refractivity contribution in [2.24, 2.45) is 0 Å². The molecule has 3 aromatic rings. The van der Waals surface area contributed by atoms with Crippen molar-refractivity contribution in [3.8, 4) is 10.6 Å². The average molecular weight is 395 g/mol. The molecular weight excluding hydrogens is 374 g/mol. The van der Waals surface area contributed by atoms with Crippen LogP contribution in [-0.2, 0) is 27.3 Å². The van der Waals surface area contributed by atoms with Gasteiger partial charge in [0.2, 0.25) is 5.91 Å². The number of methoxy groups -OCH3 is 1. The lowest BCUT2D eigenvalue weighted by Crippen LogP contribution is -2.37. The number of amides is 1. The number of thiazole rings is 1. The summed E-state index contributed by atoms with van der Waals surface area (Å²) in [5, 5.41) is 2.68. The summed E-state index contributed by atoms with van der Waals surface area (Å²) in [7, 11) is 1.32. The maximum atomic E-state index is 12.9. The van der Waals surface area contributed by atoms with Crippen LogP contribution in [0, 0.1) is 6.92 Å².